The van der Waals surface area contributed by atoms with Gasteiger partial charge < -0.3 is 15.9 Å². The highest BCUT2D eigenvalue weighted by atomic mass is 19.2. The Morgan fingerprint density at radius 1 is 1.00 bits per heavy atom. The summed E-state index contributed by atoms with van der Waals surface area (Å²) >= 11 is 0. The number of halogens is 2. The molecule has 0 bridgehead atoms. The van der Waals surface area contributed by atoms with Gasteiger partial charge in [0.15, 0.2) is 17.2 Å². The molecule has 4 rings (SSSR count). The maximum atomic E-state index is 13.7. The SMILES string of the molecule is Nc1oc2c(Cc3ccncc3)ncc(-c3ccc(F)c(F)c3)c2c1N. The molecule has 130 valence electrons. The molecule has 0 fully saturated rings. The first-order valence-corrected chi connectivity index (χ1v) is 7.84. The number of hydrogen-bond donors (Lipinski definition) is 2. The smallest absolute Gasteiger partial charge is 0.214 e. The molecule has 4 N–H and O–H groups in total. The Balaban J connectivity index is 1.91. The number of nitrogens with zero attached hydrogens (tertiary/aromatic N) is 2. The van der Waals surface area contributed by atoms with Crippen molar-refractivity contribution in [2.75, 3.05) is 11.5 Å². The number of nitrogen functional groups attached to an aromatic ring is 2. The molecule has 26 heavy (non-hydrogen) atoms. The van der Waals surface area contributed by atoms with Crippen molar-refractivity contribution < 1.29 is 13.2 Å². The molecule has 1 aromatic carbocycles. The zero-order chi connectivity index (χ0) is 18.3. The maximum absolute atomic E-state index is 13.7. The molecule has 0 aliphatic carbocycles. The number of benzene rings is 1. The number of hydrogen-bond acceptors (Lipinski definition) is 5. The van der Waals surface area contributed by atoms with E-state index in [1.807, 2.05) is 12.1 Å². The van der Waals surface area contributed by atoms with Crippen LogP contribution < -0.4 is 11.5 Å². The van der Waals surface area contributed by atoms with Gasteiger partial charge in [-0.25, -0.2) is 8.78 Å². The molecule has 7 heteroatoms. The van der Waals surface area contributed by atoms with Crippen LogP contribution in [0.2, 0.25) is 0 Å². The van der Waals surface area contributed by atoms with Crippen molar-refractivity contribution in [1.82, 2.24) is 9.97 Å². The van der Waals surface area contributed by atoms with Crippen molar-refractivity contribution >= 4 is 22.5 Å². The largest absolute Gasteiger partial charge is 0.437 e. The zero-order valence-electron chi connectivity index (χ0n) is 13.5. The van der Waals surface area contributed by atoms with Crippen LogP contribution in [0.1, 0.15) is 11.3 Å². The molecule has 4 aromatic rings. The number of pyridine rings is 2. The lowest BCUT2D eigenvalue weighted by molar-refractivity contribution is 0.509. The van der Waals surface area contributed by atoms with Gasteiger partial charge in [-0.15, -0.1) is 0 Å². The molecule has 3 aromatic heterocycles. The highest BCUT2D eigenvalue weighted by Crippen LogP contribution is 2.39. The maximum Gasteiger partial charge on any atom is 0.214 e. The van der Waals surface area contributed by atoms with Gasteiger partial charge in [0.25, 0.3) is 0 Å². The Hall–Kier alpha value is -3.48. The summed E-state index contributed by atoms with van der Waals surface area (Å²) in [6.07, 6.45) is 5.43. The third kappa shape index (κ3) is 2.63. The van der Waals surface area contributed by atoms with E-state index in [1.54, 1.807) is 18.6 Å². The predicted octanol–water partition coefficient (Wildman–Crippen LogP) is 3.92. The monoisotopic (exact) mass is 352 g/mol. The van der Waals surface area contributed by atoms with Crippen LogP contribution in [0.3, 0.4) is 0 Å². The summed E-state index contributed by atoms with van der Waals surface area (Å²) in [4.78, 5) is 8.43. The highest BCUT2D eigenvalue weighted by Gasteiger charge is 2.19. The number of aromatic nitrogens is 2. The average molecular weight is 352 g/mol. The van der Waals surface area contributed by atoms with Gasteiger partial charge >= 0.3 is 0 Å². The van der Waals surface area contributed by atoms with Crippen LogP contribution in [-0.4, -0.2) is 9.97 Å². The van der Waals surface area contributed by atoms with Crippen LogP contribution in [0.25, 0.3) is 22.1 Å². The van der Waals surface area contributed by atoms with E-state index in [1.165, 1.54) is 6.07 Å². The first kappa shape index (κ1) is 16.0. The van der Waals surface area contributed by atoms with Gasteiger partial charge in [-0.3, -0.25) is 9.97 Å². The van der Waals surface area contributed by atoms with Crippen LogP contribution in [0.15, 0.2) is 53.3 Å². The molecule has 0 unspecified atom stereocenters. The quantitative estimate of drug-likeness (QED) is 0.583. The standard InChI is InChI=1S/C19H14F2N4O/c20-13-2-1-11(8-14(13)21)12-9-25-15(7-10-3-5-24-6-4-10)18-16(12)17(22)19(23)26-18/h1-6,8-9H,7,22-23H2. The molecule has 0 spiro atoms. The van der Waals surface area contributed by atoms with Gasteiger partial charge in [-0.1, -0.05) is 6.07 Å². The summed E-state index contributed by atoms with van der Waals surface area (Å²) in [5.74, 6) is -1.81. The summed E-state index contributed by atoms with van der Waals surface area (Å²) in [7, 11) is 0. The van der Waals surface area contributed by atoms with Gasteiger partial charge in [0.2, 0.25) is 5.88 Å². The summed E-state index contributed by atoms with van der Waals surface area (Å²) in [6, 6.07) is 7.34. The van der Waals surface area contributed by atoms with Crippen molar-refractivity contribution in [1.29, 1.82) is 0 Å². The Kier molecular flexibility index (Phi) is 3.76. The Morgan fingerprint density at radius 3 is 2.50 bits per heavy atom. The highest BCUT2D eigenvalue weighted by molar-refractivity contribution is 6.06. The van der Waals surface area contributed by atoms with E-state index >= 15 is 0 Å². The van der Waals surface area contributed by atoms with Crippen LogP contribution >= 0.6 is 0 Å². The molecule has 0 atom stereocenters. The van der Waals surface area contributed by atoms with E-state index in [9.17, 15) is 8.78 Å². The second-order valence-corrected chi connectivity index (χ2v) is 5.86. The fraction of sp³-hybridized carbons (Fsp3) is 0.0526. The van der Waals surface area contributed by atoms with E-state index in [0.717, 1.165) is 17.7 Å². The molecule has 3 heterocycles. The lowest BCUT2D eigenvalue weighted by Gasteiger charge is -2.08. The van der Waals surface area contributed by atoms with Crippen molar-refractivity contribution in [2.24, 2.45) is 0 Å². The van der Waals surface area contributed by atoms with Gasteiger partial charge in [-0.05, 0) is 35.4 Å². The summed E-state index contributed by atoms with van der Waals surface area (Å²) in [5.41, 5.74) is 15.2. The molecule has 0 amide bonds. The minimum Gasteiger partial charge on any atom is -0.437 e. The van der Waals surface area contributed by atoms with Gasteiger partial charge in [0, 0.05) is 30.6 Å². The van der Waals surface area contributed by atoms with Crippen molar-refractivity contribution in [3.05, 3.63) is 71.8 Å². The fourth-order valence-electron chi connectivity index (χ4n) is 2.90. The van der Waals surface area contributed by atoms with E-state index in [4.69, 9.17) is 15.9 Å². The van der Waals surface area contributed by atoms with Gasteiger partial charge in [0.05, 0.1) is 11.1 Å². The minimum atomic E-state index is -0.952. The van der Waals surface area contributed by atoms with Crippen LogP contribution in [-0.2, 0) is 6.42 Å². The van der Waals surface area contributed by atoms with Crippen LogP contribution in [0, 0.1) is 11.6 Å². The number of rotatable bonds is 3. The molecular weight excluding hydrogens is 338 g/mol. The Morgan fingerprint density at radius 2 is 1.77 bits per heavy atom. The normalized spacial score (nSPS) is 11.2. The predicted molar refractivity (Wildman–Crippen MR) is 95.2 cm³/mol. The minimum absolute atomic E-state index is 0.0628. The average Bonchev–Trinajstić information content (AvgIpc) is 2.94. The Labute approximate surface area is 147 Å². The van der Waals surface area contributed by atoms with E-state index in [0.29, 0.717) is 34.2 Å². The summed E-state index contributed by atoms with van der Waals surface area (Å²) in [6.45, 7) is 0. The number of nitrogens with two attached hydrogens (primary N) is 2. The molecule has 0 radical (unpaired) electrons. The lowest BCUT2D eigenvalue weighted by atomic mass is 10.0. The van der Waals surface area contributed by atoms with Crippen molar-refractivity contribution in [2.45, 2.75) is 6.42 Å². The topological polar surface area (TPSA) is 91.0 Å². The van der Waals surface area contributed by atoms with Gasteiger partial charge in [-0.2, -0.15) is 0 Å². The molecule has 0 saturated carbocycles. The number of furan rings is 1. The first-order chi connectivity index (χ1) is 12.5. The summed E-state index contributed by atoms with van der Waals surface area (Å²) < 4.78 is 32.5. The number of anilines is 2. The van der Waals surface area contributed by atoms with E-state index in [2.05, 4.69) is 9.97 Å². The third-order valence-electron chi connectivity index (χ3n) is 4.21. The fourth-order valence-corrected chi connectivity index (χ4v) is 2.90. The lowest BCUT2D eigenvalue weighted by Crippen LogP contribution is -1.96. The summed E-state index contributed by atoms with van der Waals surface area (Å²) in [5, 5.41) is 0.535. The molecule has 5 nitrogen and oxygen atoms in total. The first-order valence-electron chi connectivity index (χ1n) is 7.84. The number of fused-ring (bicyclic) bond motifs is 1. The molecular formula is C19H14F2N4O. The van der Waals surface area contributed by atoms with Crippen LogP contribution in [0.4, 0.5) is 20.4 Å². The van der Waals surface area contributed by atoms with Crippen molar-refractivity contribution in [3.63, 3.8) is 0 Å². The zero-order valence-corrected chi connectivity index (χ0v) is 13.5. The third-order valence-corrected chi connectivity index (χ3v) is 4.21. The van der Waals surface area contributed by atoms with E-state index < -0.39 is 11.6 Å². The molecule has 0 aliphatic heterocycles. The second-order valence-electron chi connectivity index (χ2n) is 5.86. The Bertz CT molecular complexity index is 1110. The molecule has 0 saturated heterocycles. The molecule has 0 aliphatic rings. The van der Waals surface area contributed by atoms with Gasteiger partial charge in [0.1, 0.15) is 5.69 Å². The van der Waals surface area contributed by atoms with E-state index in [-0.39, 0.29) is 11.6 Å². The van der Waals surface area contributed by atoms with Crippen molar-refractivity contribution in [3.8, 4) is 11.1 Å². The van der Waals surface area contributed by atoms with Crippen LogP contribution in [0.5, 0.6) is 0 Å². The second kappa shape index (κ2) is 6.11.